The highest BCUT2D eigenvalue weighted by Crippen LogP contribution is 2.76. The lowest BCUT2D eigenvalue weighted by Crippen LogP contribution is -2.67. The first-order valence-corrected chi connectivity index (χ1v) is 18.4. The zero-order valence-corrected chi connectivity index (χ0v) is 29.6. The highest BCUT2D eigenvalue weighted by Gasteiger charge is 2.70. The van der Waals surface area contributed by atoms with Crippen LogP contribution in [0.2, 0.25) is 0 Å². The van der Waals surface area contributed by atoms with Gasteiger partial charge >= 0.3 is 5.97 Å². The minimum Gasteiger partial charge on any atom is -0.432 e. The zero-order valence-electron chi connectivity index (χ0n) is 29.6. The fourth-order valence-electron chi connectivity index (χ4n) is 12.6. The van der Waals surface area contributed by atoms with Crippen molar-refractivity contribution < 1.29 is 49.3 Å². The van der Waals surface area contributed by atoms with Gasteiger partial charge in [0.05, 0.1) is 31.3 Å². The monoisotopic (exact) mass is 674 g/mol. The molecule has 5 N–H and O–H groups in total. The third-order valence-electron chi connectivity index (χ3n) is 15.8. The molecule has 0 amide bonds. The average molecular weight is 675 g/mol. The molecule has 5 fully saturated rings. The van der Waals surface area contributed by atoms with Gasteiger partial charge in [0, 0.05) is 11.3 Å². The molecule has 48 heavy (non-hydrogen) atoms. The molecule has 10 heteroatoms. The van der Waals surface area contributed by atoms with Gasteiger partial charge in [-0.2, -0.15) is 0 Å². The van der Waals surface area contributed by atoms with E-state index in [0.29, 0.717) is 31.3 Å². The van der Waals surface area contributed by atoms with Gasteiger partial charge in [-0.1, -0.05) is 50.5 Å². The van der Waals surface area contributed by atoms with E-state index in [1.165, 1.54) is 16.7 Å². The fourth-order valence-corrected chi connectivity index (χ4v) is 12.6. The molecule has 2 aliphatic heterocycles. The molecular weight excluding hydrogens is 616 g/mol. The molecule has 7 rings (SSSR count). The standard InChI is InChI=1S/C38H58O10/c1-20-9-14-38(33(44)48-32-31(43)30(42)29(41)23(17-39)46-32)16-15-36(5)22(28(38)21(20)2)7-8-25-34(3)12-11-26-35(4,19-45-27(18-40)47-26)24(34)10-13-37(25,36)6/h7,23-32,39-43H,8-19H2,1-6H3/t23-,24-,25-,26+,27-,28+,29-,30+,31-,32+,34+,35+,36-,37-,38+/m1/s1. The SMILES string of the molecule is CC1=C(C)[C@H]2C3=CC[C@@H]4[C@@]5(C)CC[C@@H]6O[C@H](CO)OC[C@@]6(C)[C@@H]5CC[C@@]4(C)[C@]3(C)CC[C@@]2(C(=O)O[C@@H]2O[C@H](CO)[C@@H](O)[C@H](O)[C@H]2O)CC1. The molecular formula is C38H58O10. The Labute approximate surface area is 284 Å². The van der Waals surface area contributed by atoms with Crippen LogP contribution in [0.15, 0.2) is 22.8 Å². The predicted octanol–water partition coefficient (Wildman–Crippen LogP) is 3.77. The van der Waals surface area contributed by atoms with Crippen LogP contribution in [0.5, 0.6) is 0 Å². The summed E-state index contributed by atoms with van der Waals surface area (Å²) in [6, 6.07) is 0. The Morgan fingerprint density at radius 2 is 1.62 bits per heavy atom. The van der Waals surface area contributed by atoms with Crippen LogP contribution in [-0.4, -0.2) is 94.4 Å². The number of allylic oxidation sites excluding steroid dienone is 4. The molecule has 5 aliphatic carbocycles. The molecule has 0 spiro atoms. The summed E-state index contributed by atoms with van der Waals surface area (Å²) in [6.45, 7) is 14.1. The van der Waals surface area contributed by atoms with Crippen LogP contribution in [0.25, 0.3) is 0 Å². The maximum atomic E-state index is 14.5. The number of aliphatic hydroxyl groups excluding tert-OH is 5. The quantitative estimate of drug-likeness (QED) is 0.220. The molecule has 270 valence electrons. The summed E-state index contributed by atoms with van der Waals surface area (Å²) in [5.41, 5.74) is 2.86. The van der Waals surface area contributed by atoms with Crippen molar-refractivity contribution in [3.63, 3.8) is 0 Å². The molecule has 0 radical (unpaired) electrons. The van der Waals surface area contributed by atoms with Crippen molar-refractivity contribution in [1.82, 2.24) is 0 Å². The van der Waals surface area contributed by atoms with E-state index in [0.717, 1.165) is 44.9 Å². The second-order valence-electron chi connectivity index (χ2n) is 17.5. The highest BCUT2D eigenvalue weighted by atomic mass is 16.7. The highest BCUT2D eigenvalue weighted by molar-refractivity contribution is 5.80. The van der Waals surface area contributed by atoms with Crippen LogP contribution >= 0.6 is 0 Å². The Hall–Kier alpha value is -1.37. The molecule has 15 atom stereocenters. The molecule has 0 bridgehead atoms. The Morgan fingerprint density at radius 1 is 0.875 bits per heavy atom. The van der Waals surface area contributed by atoms with E-state index in [-0.39, 0.29) is 40.3 Å². The second-order valence-corrected chi connectivity index (χ2v) is 17.5. The van der Waals surface area contributed by atoms with Gasteiger partial charge in [0.1, 0.15) is 24.4 Å². The molecule has 2 saturated heterocycles. The van der Waals surface area contributed by atoms with Crippen molar-refractivity contribution in [2.45, 2.75) is 142 Å². The maximum absolute atomic E-state index is 14.5. The third kappa shape index (κ3) is 4.62. The first-order chi connectivity index (χ1) is 22.6. The van der Waals surface area contributed by atoms with Gasteiger partial charge in [-0.3, -0.25) is 4.79 Å². The van der Waals surface area contributed by atoms with Crippen molar-refractivity contribution in [2.24, 2.45) is 44.8 Å². The lowest BCUT2D eigenvalue weighted by atomic mass is 9.33. The number of rotatable bonds is 4. The maximum Gasteiger partial charge on any atom is 0.315 e. The minimum atomic E-state index is -1.63. The summed E-state index contributed by atoms with van der Waals surface area (Å²) in [6.07, 6.45) is 2.64. The van der Waals surface area contributed by atoms with Crippen molar-refractivity contribution in [3.8, 4) is 0 Å². The van der Waals surface area contributed by atoms with Gasteiger partial charge in [0.2, 0.25) is 6.29 Å². The lowest BCUT2D eigenvalue weighted by Gasteiger charge is -2.71. The molecule has 0 aromatic heterocycles. The molecule has 0 aromatic rings. The van der Waals surface area contributed by atoms with E-state index in [2.05, 4.69) is 47.6 Å². The van der Waals surface area contributed by atoms with E-state index >= 15 is 0 Å². The fraction of sp³-hybridized carbons (Fsp3) is 0.868. The number of fused-ring (bicyclic) bond motifs is 9. The lowest BCUT2D eigenvalue weighted by molar-refractivity contribution is -0.319. The van der Waals surface area contributed by atoms with Crippen molar-refractivity contribution >= 4 is 5.97 Å². The molecule has 7 aliphatic rings. The molecule has 2 heterocycles. The van der Waals surface area contributed by atoms with E-state index in [1.54, 1.807) is 0 Å². The van der Waals surface area contributed by atoms with E-state index < -0.39 is 55.0 Å². The number of hydrogen-bond donors (Lipinski definition) is 5. The summed E-state index contributed by atoms with van der Waals surface area (Å²) >= 11 is 0. The summed E-state index contributed by atoms with van der Waals surface area (Å²) in [5.74, 6) is 0.303. The van der Waals surface area contributed by atoms with Crippen LogP contribution in [0.1, 0.15) is 99.3 Å². The topological polar surface area (TPSA) is 155 Å². The van der Waals surface area contributed by atoms with Gasteiger partial charge in [0.15, 0.2) is 6.29 Å². The van der Waals surface area contributed by atoms with Crippen LogP contribution in [-0.2, 0) is 23.7 Å². The number of carbonyl (C=O) groups excluding carboxylic acids is 1. The molecule has 0 unspecified atom stereocenters. The number of esters is 1. The predicted molar refractivity (Wildman–Crippen MR) is 175 cm³/mol. The summed E-state index contributed by atoms with van der Waals surface area (Å²) < 4.78 is 24.0. The van der Waals surface area contributed by atoms with Crippen LogP contribution in [0.4, 0.5) is 0 Å². The van der Waals surface area contributed by atoms with Crippen molar-refractivity contribution in [3.05, 3.63) is 22.8 Å². The zero-order chi connectivity index (χ0) is 34.6. The number of ether oxygens (including phenoxy) is 4. The van der Waals surface area contributed by atoms with Gasteiger partial charge in [0.25, 0.3) is 0 Å². The van der Waals surface area contributed by atoms with E-state index in [4.69, 9.17) is 18.9 Å². The van der Waals surface area contributed by atoms with Crippen molar-refractivity contribution in [1.29, 1.82) is 0 Å². The number of hydrogen-bond acceptors (Lipinski definition) is 10. The Morgan fingerprint density at radius 3 is 2.33 bits per heavy atom. The van der Waals surface area contributed by atoms with Crippen LogP contribution in [0.3, 0.4) is 0 Å². The smallest absolute Gasteiger partial charge is 0.315 e. The van der Waals surface area contributed by atoms with E-state index in [9.17, 15) is 30.3 Å². The van der Waals surface area contributed by atoms with Gasteiger partial charge < -0.3 is 44.5 Å². The first kappa shape index (κ1) is 35.1. The first-order valence-electron chi connectivity index (χ1n) is 18.4. The number of carbonyl (C=O) groups is 1. The molecule has 3 saturated carbocycles. The van der Waals surface area contributed by atoms with Crippen LogP contribution in [0, 0.1) is 44.8 Å². The second kappa shape index (κ2) is 11.8. The largest absolute Gasteiger partial charge is 0.432 e. The average Bonchev–Trinajstić information content (AvgIpc) is 3.06. The Bertz CT molecular complexity index is 1360. The number of aliphatic hydroxyl groups is 5. The van der Waals surface area contributed by atoms with Crippen molar-refractivity contribution in [2.75, 3.05) is 19.8 Å². The van der Waals surface area contributed by atoms with Gasteiger partial charge in [-0.25, -0.2) is 0 Å². The molecule has 0 aromatic carbocycles. The summed E-state index contributed by atoms with van der Waals surface area (Å²) in [4.78, 5) is 14.5. The Balaban J connectivity index is 1.22. The Kier molecular flexibility index (Phi) is 8.64. The van der Waals surface area contributed by atoms with E-state index in [1.807, 2.05) is 0 Å². The summed E-state index contributed by atoms with van der Waals surface area (Å²) in [5, 5.41) is 50.9. The molecule has 10 nitrogen and oxygen atoms in total. The third-order valence-corrected chi connectivity index (χ3v) is 15.8. The van der Waals surface area contributed by atoms with Crippen LogP contribution < -0.4 is 0 Å². The van der Waals surface area contributed by atoms with Gasteiger partial charge in [-0.15, -0.1) is 0 Å². The van der Waals surface area contributed by atoms with Gasteiger partial charge in [-0.05, 0) is 99.7 Å². The normalized spacial score (nSPS) is 53.4. The minimum absolute atomic E-state index is 0.00844. The summed E-state index contributed by atoms with van der Waals surface area (Å²) in [7, 11) is 0.